The number of rotatable bonds is 5. The van der Waals surface area contributed by atoms with Crippen LogP contribution in [0.2, 0.25) is 0 Å². The summed E-state index contributed by atoms with van der Waals surface area (Å²) >= 11 is 1.43. The smallest absolute Gasteiger partial charge is 0.261 e. The number of para-hydroxylation sites is 1. The van der Waals surface area contributed by atoms with E-state index >= 15 is 0 Å². The van der Waals surface area contributed by atoms with Gasteiger partial charge in [-0.2, -0.15) is 0 Å². The van der Waals surface area contributed by atoms with E-state index in [1.165, 1.54) is 11.8 Å². The van der Waals surface area contributed by atoms with Gasteiger partial charge in [-0.15, -0.1) is 0 Å². The van der Waals surface area contributed by atoms with Crippen LogP contribution in [0.25, 0.3) is 0 Å². The van der Waals surface area contributed by atoms with Gasteiger partial charge in [0.1, 0.15) is 16.7 Å². The Morgan fingerprint density at radius 1 is 1.10 bits per heavy atom. The summed E-state index contributed by atoms with van der Waals surface area (Å²) in [4.78, 5) is 32.2. The van der Waals surface area contributed by atoms with E-state index in [-0.39, 0.29) is 18.0 Å². The van der Waals surface area contributed by atoms with Crippen molar-refractivity contribution in [3.8, 4) is 0 Å². The van der Waals surface area contributed by atoms with Crippen molar-refractivity contribution >= 4 is 35.0 Å². The molecule has 0 saturated carbocycles. The van der Waals surface area contributed by atoms with Crippen molar-refractivity contribution in [1.82, 2.24) is 4.98 Å². The Morgan fingerprint density at radius 2 is 1.93 bits per heavy atom. The fraction of sp³-hybridized carbons (Fsp3) is 0.136. The van der Waals surface area contributed by atoms with E-state index in [1.54, 1.807) is 23.2 Å². The van der Waals surface area contributed by atoms with E-state index in [1.807, 2.05) is 24.3 Å². The molecule has 1 N–H and O–H groups in total. The largest absolute Gasteiger partial charge is 0.324 e. The van der Waals surface area contributed by atoms with Gasteiger partial charge in [0.15, 0.2) is 0 Å². The summed E-state index contributed by atoms with van der Waals surface area (Å²) in [6.07, 6.45) is 2.05. The van der Waals surface area contributed by atoms with Gasteiger partial charge in [-0.05, 0) is 42.8 Å². The van der Waals surface area contributed by atoms with E-state index in [0.29, 0.717) is 23.6 Å². The van der Waals surface area contributed by atoms with E-state index in [0.717, 1.165) is 28.8 Å². The van der Waals surface area contributed by atoms with Crippen molar-refractivity contribution in [2.45, 2.75) is 22.8 Å². The zero-order valence-electron chi connectivity index (χ0n) is 15.8. The Bertz CT molecular complexity index is 1120. The third-order valence-corrected chi connectivity index (χ3v) is 5.68. The van der Waals surface area contributed by atoms with Crippen LogP contribution in [0.5, 0.6) is 0 Å². The zero-order valence-corrected chi connectivity index (χ0v) is 16.6. The summed E-state index contributed by atoms with van der Waals surface area (Å²) < 4.78 is 27.0. The lowest BCUT2D eigenvalue weighted by molar-refractivity contribution is -0.116. The second-order valence-electron chi connectivity index (χ2n) is 6.66. The Hall–Kier alpha value is -3.26. The summed E-state index contributed by atoms with van der Waals surface area (Å²) in [5.41, 5.74) is 1.06. The van der Waals surface area contributed by atoms with Crippen LogP contribution in [0.15, 0.2) is 70.7 Å². The molecule has 5 nitrogen and oxygen atoms in total. The van der Waals surface area contributed by atoms with Crippen LogP contribution in [0.4, 0.5) is 20.2 Å². The van der Waals surface area contributed by atoms with E-state index in [4.69, 9.17) is 0 Å². The van der Waals surface area contributed by atoms with Gasteiger partial charge in [-0.1, -0.05) is 23.9 Å². The first-order valence-electron chi connectivity index (χ1n) is 9.31. The molecule has 0 atom stereocenters. The van der Waals surface area contributed by atoms with E-state index in [2.05, 4.69) is 10.3 Å². The maximum absolute atomic E-state index is 13.7. The van der Waals surface area contributed by atoms with E-state index < -0.39 is 17.5 Å². The minimum absolute atomic E-state index is 0.0505. The first kappa shape index (κ1) is 20.0. The maximum Gasteiger partial charge on any atom is 0.261 e. The molecule has 0 spiro atoms. The van der Waals surface area contributed by atoms with Gasteiger partial charge in [0.2, 0.25) is 5.91 Å². The molecule has 2 heterocycles. The lowest BCUT2D eigenvalue weighted by Gasteiger charge is -2.22. The van der Waals surface area contributed by atoms with Crippen molar-refractivity contribution in [3.63, 3.8) is 0 Å². The van der Waals surface area contributed by atoms with Gasteiger partial charge in [-0.25, -0.2) is 13.8 Å². The Morgan fingerprint density at radius 3 is 2.80 bits per heavy atom. The molecule has 2 amide bonds. The number of aromatic nitrogens is 1. The molecule has 0 radical (unpaired) electrons. The van der Waals surface area contributed by atoms with Crippen molar-refractivity contribution in [1.29, 1.82) is 0 Å². The first-order valence-corrected chi connectivity index (χ1v) is 10.1. The number of hydrogen-bond donors (Lipinski definition) is 1. The minimum atomic E-state index is -0.706. The first-order chi connectivity index (χ1) is 14.5. The lowest BCUT2D eigenvalue weighted by atomic mass is 10.2. The molecule has 2 aromatic carbocycles. The predicted octanol–water partition coefficient (Wildman–Crippen LogP) is 4.89. The van der Waals surface area contributed by atoms with Crippen molar-refractivity contribution in [2.24, 2.45) is 0 Å². The molecule has 1 aliphatic rings. The third kappa shape index (κ3) is 4.18. The quantitative estimate of drug-likeness (QED) is 0.632. The van der Waals surface area contributed by atoms with Gasteiger partial charge in [-0.3, -0.25) is 9.59 Å². The molecule has 0 bridgehead atoms. The standard InChI is InChI=1S/C22H17F2N3O2S/c23-14-9-10-16(24)17(13-14)26-20(28)8-4-12-27-18-6-1-2-7-19(18)30-21-15(22(27)29)5-3-11-25-21/h1-3,5-7,9-11,13H,4,8,12H2,(H,26,28). The third-order valence-electron chi connectivity index (χ3n) is 4.60. The van der Waals surface area contributed by atoms with Crippen LogP contribution in [-0.4, -0.2) is 23.3 Å². The number of anilines is 2. The van der Waals surface area contributed by atoms with Crippen LogP contribution >= 0.6 is 11.8 Å². The number of carbonyl (C=O) groups excluding carboxylic acids is 2. The van der Waals surface area contributed by atoms with Crippen LogP contribution in [-0.2, 0) is 4.79 Å². The van der Waals surface area contributed by atoms with Gasteiger partial charge in [0.25, 0.3) is 5.91 Å². The van der Waals surface area contributed by atoms with Gasteiger partial charge < -0.3 is 10.2 Å². The molecule has 3 aromatic rings. The predicted molar refractivity (Wildman–Crippen MR) is 111 cm³/mol. The Kier molecular flexibility index (Phi) is 5.76. The highest BCUT2D eigenvalue weighted by atomic mass is 32.2. The number of carbonyl (C=O) groups is 2. The highest BCUT2D eigenvalue weighted by Crippen LogP contribution is 2.40. The number of nitrogens with zero attached hydrogens (tertiary/aromatic N) is 2. The number of benzene rings is 2. The summed E-state index contributed by atoms with van der Waals surface area (Å²) in [6.45, 7) is 0.295. The van der Waals surface area contributed by atoms with Gasteiger partial charge >= 0.3 is 0 Å². The summed E-state index contributed by atoms with van der Waals surface area (Å²) in [7, 11) is 0. The normalized spacial score (nSPS) is 12.7. The van der Waals surface area contributed by atoms with Crippen LogP contribution in [0.3, 0.4) is 0 Å². The van der Waals surface area contributed by atoms with Crippen LogP contribution in [0.1, 0.15) is 23.2 Å². The SMILES string of the molecule is O=C(CCCN1C(=O)c2cccnc2Sc2ccccc21)Nc1cc(F)ccc1F. The van der Waals surface area contributed by atoms with Gasteiger partial charge in [0, 0.05) is 30.1 Å². The average molecular weight is 425 g/mol. The Balaban J connectivity index is 1.48. The molecular formula is C22H17F2N3O2S. The minimum Gasteiger partial charge on any atom is -0.324 e. The molecule has 152 valence electrons. The number of fused-ring (bicyclic) bond motifs is 2. The fourth-order valence-corrected chi connectivity index (χ4v) is 4.20. The Labute approximate surface area is 176 Å². The molecule has 8 heteroatoms. The van der Waals surface area contributed by atoms with E-state index in [9.17, 15) is 18.4 Å². The summed E-state index contributed by atoms with van der Waals surface area (Å²) in [5.74, 6) is -1.98. The van der Waals surface area contributed by atoms with Crippen LogP contribution in [0, 0.1) is 11.6 Å². The molecule has 0 unspecified atom stereocenters. The number of amides is 2. The highest BCUT2D eigenvalue weighted by molar-refractivity contribution is 7.99. The highest BCUT2D eigenvalue weighted by Gasteiger charge is 2.27. The summed E-state index contributed by atoms with van der Waals surface area (Å²) in [6, 6.07) is 13.8. The molecule has 30 heavy (non-hydrogen) atoms. The number of halogens is 2. The molecule has 4 rings (SSSR count). The van der Waals surface area contributed by atoms with Crippen molar-refractivity contribution in [2.75, 3.05) is 16.8 Å². The number of nitrogens with one attached hydrogen (secondary N) is 1. The maximum atomic E-state index is 13.7. The molecule has 0 aliphatic carbocycles. The number of hydrogen-bond acceptors (Lipinski definition) is 4. The molecule has 1 aromatic heterocycles. The van der Waals surface area contributed by atoms with Crippen LogP contribution < -0.4 is 10.2 Å². The zero-order chi connectivity index (χ0) is 21.1. The second-order valence-corrected chi connectivity index (χ2v) is 7.69. The van der Waals surface area contributed by atoms with Crippen molar-refractivity contribution in [3.05, 3.63) is 78.0 Å². The summed E-state index contributed by atoms with van der Waals surface area (Å²) in [5, 5.41) is 3.01. The molecule has 1 aliphatic heterocycles. The fourth-order valence-electron chi connectivity index (χ4n) is 3.19. The number of pyridine rings is 1. The lowest BCUT2D eigenvalue weighted by Crippen LogP contribution is -2.32. The van der Waals surface area contributed by atoms with Crippen molar-refractivity contribution < 1.29 is 18.4 Å². The van der Waals surface area contributed by atoms with Gasteiger partial charge in [0.05, 0.1) is 16.9 Å². The average Bonchev–Trinajstić information content (AvgIpc) is 2.85. The second kappa shape index (κ2) is 8.62. The molecule has 0 saturated heterocycles. The molecular weight excluding hydrogens is 408 g/mol. The topological polar surface area (TPSA) is 62.3 Å². The monoisotopic (exact) mass is 425 g/mol. The molecule has 0 fully saturated rings.